The fourth-order valence-electron chi connectivity index (χ4n) is 2.45. The number of hydrogen-bond acceptors (Lipinski definition) is 6. The summed E-state index contributed by atoms with van der Waals surface area (Å²) < 4.78 is 33.0. The van der Waals surface area contributed by atoms with Gasteiger partial charge in [0.2, 0.25) is 0 Å². The van der Waals surface area contributed by atoms with Crippen LogP contribution in [0.5, 0.6) is 5.75 Å². The van der Waals surface area contributed by atoms with Crippen LogP contribution in [0.3, 0.4) is 0 Å². The second-order valence-corrected chi connectivity index (χ2v) is 7.55. The van der Waals surface area contributed by atoms with Gasteiger partial charge in [-0.3, -0.25) is 9.71 Å². The number of anilines is 2. The highest BCUT2D eigenvalue weighted by atomic mass is 32.2. The fourth-order valence-corrected chi connectivity index (χ4v) is 3.71. The van der Waals surface area contributed by atoms with E-state index in [1.54, 1.807) is 48.9 Å². The number of hydrogen-bond donors (Lipinski definition) is 2. The number of ether oxygens (including phenoxy) is 1. The summed E-state index contributed by atoms with van der Waals surface area (Å²) in [6.07, 6.45) is 5.03. The molecule has 0 bridgehead atoms. The van der Waals surface area contributed by atoms with E-state index in [1.165, 1.54) is 7.11 Å². The Labute approximate surface area is 158 Å². The van der Waals surface area contributed by atoms with Crippen LogP contribution in [0.25, 0.3) is 0 Å². The zero-order valence-electron chi connectivity index (χ0n) is 15.0. The van der Waals surface area contributed by atoms with Crippen molar-refractivity contribution in [2.75, 3.05) is 17.1 Å². The highest BCUT2D eigenvalue weighted by Gasteiger charge is 2.20. The van der Waals surface area contributed by atoms with Gasteiger partial charge in [0.15, 0.2) is 0 Å². The molecular weight excluding hydrogens is 364 g/mol. The smallest absolute Gasteiger partial charge is 0.266 e. The summed E-state index contributed by atoms with van der Waals surface area (Å²) in [6.45, 7) is 2.44. The molecule has 140 valence electrons. The molecule has 0 amide bonds. The van der Waals surface area contributed by atoms with E-state index < -0.39 is 10.0 Å². The molecule has 0 radical (unpaired) electrons. The lowest BCUT2D eigenvalue weighted by atomic mass is 10.2. The third-order valence-electron chi connectivity index (χ3n) is 3.86. The standard InChI is InChI=1S/C19H20N4O3S/c1-14-3-5-17(26-2)18(11-14)27(24,25)23-19-6-4-16(13-22-19)21-12-15-7-9-20-10-8-15/h3-11,13,21H,12H2,1-2H3,(H,22,23). The van der Waals surface area contributed by atoms with Gasteiger partial charge in [-0.05, 0) is 54.4 Å². The van der Waals surface area contributed by atoms with Gasteiger partial charge in [-0.25, -0.2) is 13.4 Å². The first-order valence-corrected chi connectivity index (χ1v) is 9.72. The molecule has 0 aliphatic carbocycles. The van der Waals surface area contributed by atoms with E-state index in [-0.39, 0.29) is 16.5 Å². The number of methoxy groups -OCH3 is 1. The highest BCUT2D eigenvalue weighted by molar-refractivity contribution is 7.92. The molecule has 2 heterocycles. The minimum atomic E-state index is -3.81. The maximum atomic E-state index is 12.7. The van der Waals surface area contributed by atoms with E-state index in [2.05, 4.69) is 20.0 Å². The molecule has 7 nitrogen and oxygen atoms in total. The van der Waals surface area contributed by atoms with Crippen molar-refractivity contribution < 1.29 is 13.2 Å². The van der Waals surface area contributed by atoms with E-state index >= 15 is 0 Å². The van der Waals surface area contributed by atoms with Crippen molar-refractivity contribution in [2.45, 2.75) is 18.4 Å². The molecule has 1 aromatic carbocycles. The molecule has 0 atom stereocenters. The number of rotatable bonds is 7. The van der Waals surface area contributed by atoms with Crippen LogP contribution in [0.4, 0.5) is 11.5 Å². The van der Waals surface area contributed by atoms with Gasteiger partial charge in [0.1, 0.15) is 16.5 Å². The predicted molar refractivity (Wildman–Crippen MR) is 104 cm³/mol. The highest BCUT2D eigenvalue weighted by Crippen LogP contribution is 2.26. The molecule has 2 aromatic heterocycles. The fraction of sp³-hybridized carbons (Fsp3) is 0.158. The first-order chi connectivity index (χ1) is 13.0. The minimum absolute atomic E-state index is 0.0756. The van der Waals surface area contributed by atoms with Crippen LogP contribution in [0, 0.1) is 6.92 Å². The van der Waals surface area contributed by atoms with Crippen LogP contribution >= 0.6 is 0 Å². The molecule has 3 rings (SSSR count). The molecule has 2 N–H and O–H groups in total. The predicted octanol–water partition coefficient (Wildman–Crippen LogP) is 3.21. The molecule has 3 aromatic rings. The van der Waals surface area contributed by atoms with Crippen molar-refractivity contribution in [1.29, 1.82) is 0 Å². The van der Waals surface area contributed by atoms with Gasteiger partial charge in [0.05, 0.1) is 19.0 Å². The van der Waals surface area contributed by atoms with Crippen LogP contribution in [0.2, 0.25) is 0 Å². The van der Waals surface area contributed by atoms with Crippen molar-refractivity contribution in [1.82, 2.24) is 9.97 Å². The van der Waals surface area contributed by atoms with Crippen LogP contribution < -0.4 is 14.8 Å². The number of nitrogens with one attached hydrogen (secondary N) is 2. The average molecular weight is 384 g/mol. The minimum Gasteiger partial charge on any atom is -0.495 e. The number of nitrogens with zero attached hydrogens (tertiary/aromatic N) is 2. The van der Waals surface area contributed by atoms with E-state index in [9.17, 15) is 8.42 Å². The largest absolute Gasteiger partial charge is 0.495 e. The van der Waals surface area contributed by atoms with Crippen molar-refractivity contribution in [3.63, 3.8) is 0 Å². The molecular formula is C19H20N4O3S. The summed E-state index contributed by atoms with van der Waals surface area (Å²) in [7, 11) is -2.38. The average Bonchev–Trinajstić information content (AvgIpc) is 2.68. The monoisotopic (exact) mass is 384 g/mol. The number of aryl methyl sites for hydroxylation is 1. The summed E-state index contributed by atoms with van der Waals surface area (Å²) in [5, 5.41) is 3.22. The topological polar surface area (TPSA) is 93.2 Å². The first-order valence-electron chi connectivity index (χ1n) is 8.24. The summed E-state index contributed by atoms with van der Waals surface area (Å²) in [5.41, 5.74) is 2.68. The first kappa shape index (κ1) is 18.7. The summed E-state index contributed by atoms with van der Waals surface area (Å²) >= 11 is 0. The Bertz CT molecular complexity index is 1010. The third-order valence-corrected chi connectivity index (χ3v) is 5.23. The Morgan fingerprint density at radius 2 is 1.85 bits per heavy atom. The maximum Gasteiger partial charge on any atom is 0.266 e. The molecule has 27 heavy (non-hydrogen) atoms. The summed E-state index contributed by atoms with van der Waals surface area (Å²) in [6, 6.07) is 12.2. The van der Waals surface area contributed by atoms with Crippen LogP contribution in [-0.2, 0) is 16.6 Å². The second kappa shape index (κ2) is 8.05. The van der Waals surface area contributed by atoms with Gasteiger partial charge in [0.25, 0.3) is 10.0 Å². The van der Waals surface area contributed by atoms with E-state index in [1.807, 2.05) is 19.1 Å². The zero-order valence-corrected chi connectivity index (χ0v) is 15.8. The lowest BCUT2D eigenvalue weighted by Gasteiger charge is -2.12. The summed E-state index contributed by atoms with van der Waals surface area (Å²) in [5.74, 6) is 0.511. The maximum absolute atomic E-state index is 12.7. The normalized spacial score (nSPS) is 11.0. The molecule has 0 saturated carbocycles. The zero-order chi connectivity index (χ0) is 19.3. The Morgan fingerprint density at radius 1 is 1.07 bits per heavy atom. The van der Waals surface area contributed by atoms with E-state index in [0.717, 1.165) is 16.8 Å². The summed E-state index contributed by atoms with van der Waals surface area (Å²) in [4.78, 5) is 8.22. The van der Waals surface area contributed by atoms with Gasteiger partial charge in [-0.15, -0.1) is 0 Å². The Kier molecular flexibility index (Phi) is 5.56. The van der Waals surface area contributed by atoms with Gasteiger partial charge in [-0.2, -0.15) is 0 Å². The number of sulfonamides is 1. The Balaban J connectivity index is 1.71. The number of pyridine rings is 2. The Morgan fingerprint density at radius 3 is 2.52 bits per heavy atom. The second-order valence-electron chi connectivity index (χ2n) is 5.90. The van der Waals surface area contributed by atoms with Crippen molar-refractivity contribution in [3.8, 4) is 5.75 Å². The Hall–Kier alpha value is -3.13. The molecule has 0 fully saturated rings. The molecule has 0 aliphatic rings. The number of aromatic nitrogens is 2. The molecule has 0 aliphatic heterocycles. The van der Waals surface area contributed by atoms with Gasteiger partial charge >= 0.3 is 0 Å². The van der Waals surface area contributed by atoms with Crippen molar-refractivity contribution in [2.24, 2.45) is 0 Å². The lowest BCUT2D eigenvalue weighted by molar-refractivity contribution is 0.402. The molecule has 0 saturated heterocycles. The molecule has 0 unspecified atom stereocenters. The van der Waals surface area contributed by atoms with Gasteiger partial charge in [-0.1, -0.05) is 6.07 Å². The van der Waals surface area contributed by atoms with Crippen LogP contribution in [-0.4, -0.2) is 25.5 Å². The van der Waals surface area contributed by atoms with Gasteiger partial charge < -0.3 is 10.1 Å². The molecule has 8 heteroatoms. The van der Waals surface area contributed by atoms with Crippen LogP contribution in [0.1, 0.15) is 11.1 Å². The quantitative estimate of drug-likeness (QED) is 0.650. The van der Waals surface area contributed by atoms with Crippen LogP contribution in [0.15, 0.2) is 66.0 Å². The third kappa shape index (κ3) is 4.73. The van der Waals surface area contributed by atoms with Crippen molar-refractivity contribution >= 4 is 21.5 Å². The molecule has 0 spiro atoms. The van der Waals surface area contributed by atoms with E-state index in [4.69, 9.17) is 4.74 Å². The number of benzene rings is 1. The SMILES string of the molecule is COc1ccc(C)cc1S(=O)(=O)Nc1ccc(NCc2ccncc2)cn1. The van der Waals surface area contributed by atoms with Crippen molar-refractivity contribution in [3.05, 3.63) is 72.2 Å². The van der Waals surface area contributed by atoms with E-state index in [0.29, 0.717) is 6.54 Å². The lowest BCUT2D eigenvalue weighted by Crippen LogP contribution is -2.15. The van der Waals surface area contributed by atoms with Gasteiger partial charge in [0, 0.05) is 18.9 Å².